The summed E-state index contributed by atoms with van der Waals surface area (Å²) in [4.78, 5) is 12.4. The van der Waals surface area contributed by atoms with Gasteiger partial charge in [0.15, 0.2) is 0 Å². The molecule has 0 saturated carbocycles. The zero-order valence-electron chi connectivity index (χ0n) is 13.3. The molecule has 2 aliphatic rings. The molecule has 0 unspecified atom stereocenters. The van der Waals surface area contributed by atoms with Crippen LogP contribution in [-0.2, 0) is 17.6 Å². The van der Waals surface area contributed by atoms with Crippen molar-refractivity contribution in [2.24, 2.45) is 0 Å². The van der Waals surface area contributed by atoms with Gasteiger partial charge in [0.25, 0.3) is 5.91 Å². The Labute approximate surface area is 149 Å². The predicted molar refractivity (Wildman–Crippen MR) is 100 cm³/mol. The van der Waals surface area contributed by atoms with Gasteiger partial charge in [-0.05, 0) is 90.6 Å². The molecule has 2 heterocycles. The summed E-state index contributed by atoms with van der Waals surface area (Å²) in [6, 6.07) is 4.01. The fourth-order valence-corrected chi connectivity index (χ4v) is 4.04. The van der Waals surface area contributed by atoms with Gasteiger partial charge in [-0.1, -0.05) is 0 Å². The minimum absolute atomic E-state index is 0.0427. The molecule has 2 aromatic rings. The van der Waals surface area contributed by atoms with Crippen LogP contribution in [0, 0.1) is 17.4 Å². The van der Waals surface area contributed by atoms with Gasteiger partial charge in [-0.15, -0.1) is 0 Å². The number of benzene rings is 1. The van der Waals surface area contributed by atoms with E-state index in [9.17, 15) is 4.79 Å². The van der Waals surface area contributed by atoms with Crippen LogP contribution >= 0.6 is 22.6 Å². The minimum Gasteiger partial charge on any atom is -0.461 e. The van der Waals surface area contributed by atoms with Crippen molar-refractivity contribution < 1.29 is 9.21 Å². The second kappa shape index (κ2) is 5.51. The lowest BCUT2D eigenvalue weighted by molar-refractivity contribution is -0.110. The maximum Gasteiger partial charge on any atom is 0.256 e. The van der Waals surface area contributed by atoms with Gasteiger partial charge in [-0.2, -0.15) is 0 Å². The zero-order valence-corrected chi connectivity index (χ0v) is 15.4. The molecule has 23 heavy (non-hydrogen) atoms. The van der Waals surface area contributed by atoms with Crippen LogP contribution in [0.4, 0.5) is 5.69 Å². The molecule has 1 N–H and O–H groups in total. The quantitative estimate of drug-likeness (QED) is 0.529. The van der Waals surface area contributed by atoms with E-state index in [0.29, 0.717) is 5.57 Å². The second-order valence-corrected chi connectivity index (χ2v) is 7.47. The van der Waals surface area contributed by atoms with E-state index in [2.05, 4.69) is 41.8 Å². The van der Waals surface area contributed by atoms with E-state index in [1.807, 2.05) is 18.2 Å². The van der Waals surface area contributed by atoms with Gasteiger partial charge >= 0.3 is 0 Å². The highest BCUT2D eigenvalue weighted by molar-refractivity contribution is 14.1. The summed E-state index contributed by atoms with van der Waals surface area (Å²) in [6.07, 6.45) is 6.45. The van der Waals surface area contributed by atoms with E-state index < -0.39 is 0 Å². The molecule has 1 aliphatic heterocycles. The number of amides is 1. The topological polar surface area (TPSA) is 42.2 Å². The second-order valence-electron chi connectivity index (χ2n) is 6.31. The van der Waals surface area contributed by atoms with Crippen molar-refractivity contribution in [1.82, 2.24) is 0 Å². The fourth-order valence-electron chi connectivity index (χ4n) is 3.59. The summed E-state index contributed by atoms with van der Waals surface area (Å²) in [5, 5.41) is 2.96. The Balaban J connectivity index is 1.86. The van der Waals surface area contributed by atoms with E-state index in [1.54, 1.807) is 0 Å². The number of anilines is 1. The lowest BCUT2D eigenvalue weighted by atomic mass is 9.94. The summed E-state index contributed by atoms with van der Waals surface area (Å²) >= 11 is 2.31. The van der Waals surface area contributed by atoms with Crippen molar-refractivity contribution >= 4 is 45.8 Å². The van der Waals surface area contributed by atoms with Gasteiger partial charge in [-0.3, -0.25) is 4.79 Å². The maximum absolute atomic E-state index is 12.4. The summed E-state index contributed by atoms with van der Waals surface area (Å²) in [6.45, 7) is 4.17. The van der Waals surface area contributed by atoms with Gasteiger partial charge in [0.05, 0.1) is 5.57 Å². The Hall–Kier alpha value is -1.56. The van der Waals surface area contributed by atoms with Crippen molar-refractivity contribution in [3.8, 4) is 0 Å². The predicted octanol–water partition coefficient (Wildman–Crippen LogP) is 4.87. The Kier molecular flexibility index (Phi) is 3.59. The number of rotatable bonds is 1. The van der Waals surface area contributed by atoms with Gasteiger partial charge in [0.2, 0.25) is 0 Å². The van der Waals surface area contributed by atoms with Crippen molar-refractivity contribution in [2.45, 2.75) is 39.5 Å². The Morgan fingerprint density at radius 1 is 1.17 bits per heavy atom. The van der Waals surface area contributed by atoms with E-state index in [-0.39, 0.29) is 5.91 Å². The molecule has 0 spiro atoms. The van der Waals surface area contributed by atoms with Crippen LogP contribution in [0.3, 0.4) is 0 Å². The van der Waals surface area contributed by atoms with Crippen LogP contribution in [0.15, 0.2) is 16.5 Å². The molecule has 0 fully saturated rings. The number of hydrogen-bond acceptors (Lipinski definition) is 2. The number of halogens is 1. The molecule has 0 atom stereocenters. The number of furan rings is 1. The Morgan fingerprint density at radius 3 is 2.74 bits per heavy atom. The van der Waals surface area contributed by atoms with Gasteiger partial charge in [0.1, 0.15) is 11.5 Å². The normalized spacial score (nSPS) is 18.0. The minimum atomic E-state index is -0.0427. The van der Waals surface area contributed by atoms with Crippen LogP contribution in [0.5, 0.6) is 0 Å². The van der Waals surface area contributed by atoms with Crippen LogP contribution in [-0.4, -0.2) is 5.91 Å². The first-order valence-electron chi connectivity index (χ1n) is 8.00. The fraction of sp³-hybridized carbons (Fsp3) is 0.316. The number of fused-ring (bicyclic) bond motifs is 2. The first-order valence-corrected chi connectivity index (χ1v) is 9.08. The number of nitrogens with one attached hydrogen (secondary N) is 1. The first kappa shape index (κ1) is 15.0. The van der Waals surface area contributed by atoms with Crippen LogP contribution in [0.1, 0.15) is 46.6 Å². The van der Waals surface area contributed by atoms with E-state index in [1.165, 1.54) is 27.5 Å². The van der Waals surface area contributed by atoms with Crippen molar-refractivity contribution in [1.29, 1.82) is 0 Å². The van der Waals surface area contributed by atoms with E-state index >= 15 is 0 Å². The van der Waals surface area contributed by atoms with Gasteiger partial charge in [-0.25, -0.2) is 0 Å². The number of carbonyl (C=O) groups excluding carboxylic acids is 1. The molecule has 3 nitrogen and oxygen atoms in total. The molecule has 1 aromatic heterocycles. The smallest absolute Gasteiger partial charge is 0.256 e. The highest BCUT2D eigenvalue weighted by Gasteiger charge is 2.28. The highest BCUT2D eigenvalue weighted by atomic mass is 127. The number of hydrogen-bond donors (Lipinski definition) is 1. The van der Waals surface area contributed by atoms with E-state index in [0.717, 1.165) is 41.2 Å². The monoisotopic (exact) mass is 419 g/mol. The summed E-state index contributed by atoms with van der Waals surface area (Å²) in [5.41, 5.74) is 6.30. The third-order valence-corrected chi connectivity index (χ3v) is 6.08. The molecular formula is C19H18INO2. The standard InChI is InChI=1S/C19H18INO2/c1-10-12-5-3-4-6-16(12)23-17(10)9-13-18-11(2)14(20)7-8-15(18)21-19(13)22/h7-9H,3-6H2,1-2H3,(H,21,22). The maximum atomic E-state index is 12.4. The molecule has 4 rings (SSSR count). The molecule has 1 amide bonds. The average Bonchev–Trinajstić information content (AvgIpc) is 3.03. The van der Waals surface area contributed by atoms with Gasteiger partial charge < -0.3 is 9.73 Å². The Morgan fingerprint density at radius 2 is 1.96 bits per heavy atom. The summed E-state index contributed by atoms with van der Waals surface area (Å²) in [5.74, 6) is 1.91. The number of aryl methyl sites for hydroxylation is 1. The van der Waals surface area contributed by atoms with Crippen LogP contribution < -0.4 is 5.32 Å². The third-order valence-electron chi connectivity index (χ3n) is 4.91. The molecule has 0 bridgehead atoms. The Bertz CT molecular complexity index is 861. The third kappa shape index (κ3) is 2.35. The number of carbonyl (C=O) groups is 1. The summed E-state index contributed by atoms with van der Waals surface area (Å²) in [7, 11) is 0. The van der Waals surface area contributed by atoms with Crippen molar-refractivity contribution in [2.75, 3.05) is 5.32 Å². The first-order chi connectivity index (χ1) is 11.1. The van der Waals surface area contributed by atoms with Gasteiger partial charge in [0, 0.05) is 21.2 Å². The van der Waals surface area contributed by atoms with Crippen LogP contribution in [0.2, 0.25) is 0 Å². The molecule has 4 heteroatoms. The van der Waals surface area contributed by atoms with Crippen molar-refractivity contribution in [3.05, 3.63) is 49.5 Å². The highest BCUT2D eigenvalue weighted by Crippen LogP contribution is 2.39. The molecule has 0 radical (unpaired) electrons. The molecule has 0 saturated heterocycles. The lowest BCUT2D eigenvalue weighted by Crippen LogP contribution is -2.03. The average molecular weight is 419 g/mol. The van der Waals surface area contributed by atoms with Crippen LogP contribution in [0.25, 0.3) is 11.6 Å². The SMILES string of the molecule is Cc1c(C=C2C(=O)Nc3ccc(I)c(C)c32)oc2c1CCCC2. The summed E-state index contributed by atoms with van der Waals surface area (Å²) < 4.78 is 7.24. The molecule has 118 valence electrons. The molecular weight excluding hydrogens is 401 g/mol. The largest absolute Gasteiger partial charge is 0.461 e. The lowest BCUT2D eigenvalue weighted by Gasteiger charge is -2.08. The molecule has 1 aliphatic carbocycles. The van der Waals surface area contributed by atoms with E-state index in [4.69, 9.17) is 4.42 Å². The molecule has 1 aromatic carbocycles. The van der Waals surface area contributed by atoms with Crippen molar-refractivity contribution in [3.63, 3.8) is 0 Å². The zero-order chi connectivity index (χ0) is 16.1.